The number of hydrogen-bond donors (Lipinski definition) is 2. The number of hydrazine groups is 1. The highest BCUT2D eigenvalue weighted by Gasteiger charge is 2.47. The Kier molecular flexibility index (Phi) is 3.86. The highest BCUT2D eigenvalue weighted by molar-refractivity contribution is 7.99. The standard InChI is InChI=1S/C16H16N6O2S/c17-8-10-13(18)22(21-16(10)5-1-2-6-16)12(23)9-25-15-20-14-11(24-15)4-3-7-19-14/h3-4,7,21H,1-2,5-6,9,18H2. The number of nitrogens with one attached hydrogen (secondary N) is 1. The molecule has 2 aromatic heterocycles. The molecule has 25 heavy (non-hydrogen) atoms. The van der Waals surface area contributed by atoms with Gasteiger partial charge in [0.1, 0.15) is 11.9 Å². The van der Waals surface area contributed by atoms with Gasteiger partial charge in [0.25, 0.3) is 11.1 Å². The zero-order chi connectivity index (χ0) is 17.4. The summed E-state index contributed by atoms with van der Waals surface area (Å²) < 4.78 is 5.55. The second-order valence-electron chi connectivity index (χ2n) is 6.10. The molecule has 1 aliphatic carbocycles. The van der Waals surface area contributed by atoms with Crippen LogP contribution in [0.25, 0.3) is 11.2 Å². The summed E-state index contributed by atoms with van der Waals surface area (Å²) in [5.74, 6) is 0.0541. The normalized spacial score (nSPS) is 19.1. The second-order valence-corrected chi connectivity index (χ2v) is 7.02. The van der Waals surface area contributed by atoms with E-state index in [1.165, 1.54) is 16.8 Å². The lowest BCUT2D eigenvalue weighted by atomic mass is 9.90. The minimum absolute atomic E-state index is 0.0926. The number of nitrogens with zero attached hydrogens (tertiary/aromatic N) is 4. The van der Waals surface area contributed by atoms with Crippen LogP contribution in [0.1, 0.15) is 25.7 Å². The third-order valence-electron chi connectivity index (χ3n) is 4.58. The Morgan fingerprint density at radius 3 is 3.04 bits per heavy atom. The zero-order valence-corrected chi connectivity index (χ0v) is 14.2. The molecule has 1 fully saturated rings. The molecule has 0 saturated heterocycles. The van der Waals surface area contributed by atoms with Crippen LogP contribution in [0.5, 0.6) is 0 Å². The number of aromatic nitrogens is 2. The molecule has 2 aromatic rings. The fourth-order valence-electron chi connectivity index (χ4n) is 3.39. The Morgan fingerprint density at radius 1 is 1.52 bits per heavy atom. The van der Waals surface area contributed by atoms with Crippen molar-refractivity contribution in [2.24, 2.45) is 5.73 Å². The largest absolute Gasteiger partial charge is 0.430 e. The van der Waals surface area contributed by atoms with Gasteiger partial charge in [-0.3, -0.25) is 4.79 Å². The molecule has 0 aromatic carbocycles. The second kappa shape index (κ2) is 6.06. The SMILES string of the molecule is N#CC1=C(N)N(C(=O)CSc2nc3ncccc3o2)NC12CCCC2. The van der Waals surface area contributed by atoms with Gasteiger partial charge in [-0.05, 0) is 25.0 Å². The Bertz CT molecular complexity index is 876. The van der Waals surface area contributed by atoms with Crippen LogP contribution < -0.4 is 11.2 Å². The van der Waals surface area contributed by atoms with Gasteiger partial charge in [-0.1, -0.05) is 24.6 Å². The molecule has 3 N–H and O–H groups in total. The number of carbonyl (C=O) groups excluding carboxylic acids is 1. The summed E-state index contributed by atoms with van der Waals surface area (Å²) in [5.41, 5.74) is 10.3. The highest BCUT2D eigenvalue weighted by Crippen LogP contribution is 2.40. The van der Waals surface area contributed by atoms with Crippen molar-refractivity contribution in [3.8, 4) is 6.07 Å². The number of fused-ring (bicyclic) bond motifs is 1. The number of thioether (sulfide) groups is 1. The van der Waals surface area contributed by atoms with E-state index in [1.54, 1.807) is 18.3 Å². The van der Waals surface area contributed by atoms with Crippen LogP contribution in [0.4, 0.5) is 0 Å². The van der Waals surface area contributed by atoms with Gasteiger partial charge in [0.05, 0.1) is 16.9 Å². The summed E-state index contributed by atoms with van der Waals surface area (Å²) in [7, 11) is 0. The summed E-state index contributed by atoms with van der Waals surface area (Å²) >= 11 is 1.17. The number of nitrogens with two attached hydrogens (primary N) is 1. The highest BCUT2D eigenvalue weighted by atomic mass is 32.2. The third-order valence-corrected chi connectivity index (χ3v) is 5.40. The maximum atomic E-state index is 12.6. The minimum Gasteiger partial charge on any atom is -0.430 e. The van der Waals surface area contributed by atoms with Crippen LogP contribution in [0.3, 0.4) is 0 Å². The van der Waals surface area contributed by atoms with Crippen molar-refractivity contribution < 1.29 is 9.21 Å². The summed E-state index contributed by atoms with van der Waals surface area (Å²) in [6, 6.07) is 5.71. The number of hydrogen-bond acceptors (Lipinski definition) is 8. The molecule has 0 atom stereocenters. The van der Waals surface area contributed by atoms with E-state index in [-0.39, 0.29) is 17.5 Å². The Hall–Kier alpha value is -2.57. The molecule has 0 unspecified atom stereocenters. The van der Waals surface area contributed by atoms with Crippen molar-refractivity contribution in [3.05, 3.63) is 29.7 Å². The molecule has 4 rings (SSSR count). The van der Waals surface area contributed by atoms with E-state index in [1.807, 2.05) is 0 Å². The molecule has 9 heteroatoms. The van der Waals surface area contributed by atoms with E-state index in [2.05, 4.69) is 21.5 Å². The van der Waals surface area contributed by atoms with Gasteiger partial charge in [-0.25, -0.2) is 15.4 Å². The van der Waals surface area contributed by atoms with Gasteiger partial charge < -0.3 is 10.2 Å². The van der Waals surface area contributed by atoms with Gasteiger partial charge in [0.15, 0.2) is 11.2 Å². The van der Waals surface area contributed by atoms with E-state index >= 15 is 0 Å². The summed E-state index contributed by atoms with van der Waals surface area (Å²) in [5, 5.41) is 11.1. The van der Waals surface area contributed by atoms with Crippen molar-refractivity contribution in [1.29, 1.82) is 5.26 Å². The topological polar surface area (TPSA) is 121 Å². The lowest BCUT2D eigenvalue weighted by Crippen LogP contribution is -2.50. The van der Waals surface area contributed by atoms with Crippen molar-refractivity contribution in [2.45, 2.75) is 36.4 Å². The lowest BCUT2D eigenvalue weighted by molar-refractivity contribution is -0.129. The maximum absolute atomic E-state index is 12.6. The number of pyridine rings is 1. The molecular formula is C16H16N6O2S. The molecular weight excluding hydrogens is 340 g/mol. The van der Waals surface area contributed by atoms with Gasteiger partial charge in [0.2, 0.25) is 0 Å². The number of rotatable bonds is 3. The fourth-order valence-corrected chi connectivity index (χ4v) is 4.06. The molecule has 2 aliphatic rings. The first-order chi connectivity index (χ1) is 12.1. The van der Waals surface area contributed by atoms with Gasteiger partial charge in [-0.2, -0.15) is 10.2 Å². The molecule has 1 amide bonds. The lowest BCUT2D eigenvalue weighted by Gasteiger charge is -2.26. The van der Waals surface area contributed by atoms with E-state index < -0.39 is 5.54 Å². The van der Waals surface area contributed by atoms with E-state index in [0.29, 0.717) is 22.0 Å². The molecule has 1 saturated carbocycles. The zero-order valence-electron chi connectivity index (χ0n) is 13.4. The quantitative estimate of drug-likeness (QED) is 0.797. The predicted octanol–water partition coefficient (Wildman–Crippen LogP) is 1.67. The van der Waals surface area contributed by atoms with Crippen molar-refractivity contribution in [3.63, 3.8) is 0 Å². The number of carbonyl (C=O) groups is 1. The predicted molar refractivity (Wildman–Crippen MR) is 90.5 cm³/mol. The van der Waals surface area contributed by atoms with Crippen LogP contribution in [0, 0.1) is 11.3 Å². The molecule has 0 bridgehead atoms. The molecule has 0 radical (unpaired) electrons. The van der Waals surface area contributed by atoms with E-state index in [9.17, 15) is 10.1 Å². The van der Waals surface area contributed by atoms with Gasteiger partial charge >= 0.3 is 0 Å². The molecule has 128 valence electrons. The Balaban J connectivity index is 1.48. The van der Waals surface area contributed by atoms with Crippen molar-refractivity contribution >= 4 is 28.9 Å². The number of nitriles is 1. The van der Waals surface area contributed by atoms with E-state index in [0.717, 1.165) is 25.7 Å². The van der Waals surface area contributed by atoms with Crippen LogP contribution in [0.2, 0.25) is 0 Å². The van der Waals surface area contributed by atoms with Crippen molar-refractivity contribution in [1.82, 2.24) is 20.4 Å². The average Bonchev–Trinajstić information content (AvgIpc) is 3.31. The van der Waals surface area contributed by atoms with Crippen LogP contribution >= 0.6 is 11.8 Å². The van der Waals surface area contributed by atoms with Crippen LogP contribution in [-0.4, -0.2) is 32.2 Å². The summed E-state index contributed by atoms with van der Waals surface area (Å²) in [4.78, 5) is 20.9. The average molecular weight is 356 g/mol. The number of oxazole rings is 1. The first-order valence-electron chi connectivity index (χ1n) is 7.98. The van der Waals surface area contributed by atoms with Gasteiger partial charge in [-0.15, -0.1) is 0 Å². The Labute approximate surface area is 148 Å². The monoisotopic (exact) mass is 356 g/mol. The van der Waals surface area contributed by atoms with E-state index in [4.69, 9.17) is 10.2 Å². The van der Waals surface area contributed by atoms with Crippen LogP contribution in [-0.2, 0) is 4.79 Å². The number of amides is 1. The fraction of sp³-hybridized carbons (Fsp3) is 0.375. The minimum atomic E-state index is -0.485. The molecule has 3 heterocycles. The summed E-state index contributed by atoms with van der Waals surface area (Å²) in [6.45, 7) is 0. The molecule has 8 nitrogen and oxygen atoms in total. The maximum Gasteiger partial charge on any atom is 0.258 e. The summed E-state index contributed by atoms with van der Waals surface area (Å²) in [6.07, 6.45) is 5.28. The first-order valence-corrected chi connectivity index (χ1v) is 8.97. The molecule has 1 spiro atoms. The van der Waals surface area contributed by atoms with Crippen molar-refractivity contribution in [2.75, 3.05) is 5.75 Å². The third kappa shape index (κ3) is 2.63. The first kappa shape index (κ1) is 15.9. The Morgan fingerprint density at radius 2 is 2.32 bits per heavy atom. The molecule has 1 aliphatic heterocycles. The van der Waals surface area contributed by atoms with Gasteiger partial charge in [0, 0.05) is 6.20 Å². The van der Waals surface area contributed by atoms with Crippen LogP contribution in [0.15, 0.2) is 39.4 Å². The smallest absolute Gasteiger partial charge is 0.258 e.